The van der Waals surface area contributed by atoms with Crippen molar-refractivity contribution in [2.24, 2.45) is 11.3 Å². The number of nitrogens with two attached hydrogens (primary N) is 2. The molecule has 11 unspecified atom stereocenters. The number of aliphatic hydroxyl groups excluding tert-OH is 2. The molecule has 46 heavy (non-hydrogen) atoms. The topological polar surface area (TPSA) is 316 Å². The van der Waals surface area contributed by atoms with Gasteiger partial charge >= 0.3 is 14.5 Å². The van der Waals surface area contributed by atoms with E-state index in [4.69, 9.17) is 46.1 Å². The maximum atomic E-state index is 13.4. The minimum atomic E-state index is -5.03. The van der Waals surface area contributed by atoms with E-state index in [9.17, 15) is 29.4 Å². The van der Waals surface area contributed by atoms with Crippen LogP contribution in [0.1, 0.15) is 18.7 Å². The molecule has 2 aliphatic carbocycles. The number of phosphoric acid groups is 1. The van der Waals surface area contributed by atoms with E-state index in [1.54, 1.807) is 4.57 Å². The van der Waals surface area contributed by atoms with Gasteiger partial charge in [-0.1, -0.05) is 5.21 Å². The zero-order valence-corrected chi connectivity index (χ0v) is 25.7. The summed E-state index contributed by atoms with van der Waals surface area (Å²) in [4.78, 5) is 53.0. The van der Waals surface area contributed by atoms with E-state index in [0.29, 0.717) is 17.6 Å². The Labute approximate surface area is 260 Å². The molecule has 25 heteroatoms. The lowest BCUT2D eigenvalue weighted by molar-refractivity contribution is -0.0662. The number of aromatic nitrogens is 9. The predicted molar refractivity (Wildman–Crippen MR) is 154 cm³/mol. The fourth-order valence-electron chi connectivity index (χ4n) is 6.68. The molecule has 2 saturated carbocycles. The Balaban J connectivity index is 1.14. The Morgan fingerprint density at radius 2 is 1.89 bits per heavy atom. The van der Waals surface area contributed by atoms with Crippen molar-refractivity contribution < 1.29 is 47.4 Å². The molecule has 22 nitrogen and oxygen atoms in total. The van der Waals surface area contributed by atoms with Crippen molar-refractivity contribution in [3.8, 4) is 0 Å². The molecule has 4 aromatic rings. The minimum Gasteiger partial charge on any atom is -0.388 e. The monoisotopic (exact) mass is 701 g/mol. The molecule has 246 valence electrons. The molecule has 11 atom stereocenters. The highest BCUT2D eigenvalue weighted by Crippen LogP contribution is 2.72. The van der Waals surface area contributed by atoms with Gasteiger partial charge in [0.15, 0.2) is 28.9 Å². The van der Waals surface area contributed by atoms with E-state index in [0.717, 1.165) is 4.68 Å². The smallest absolute Gasteiger partial charge is 0.388 e. The van der Waals surface area contributed by atoms with Crippen LogP contribution in [-0.4, -0.2) is 108 Å². The van der Waals surface area contributed by atoms with Crippen molar-refractivity contribution in [2.45, 2.75) is 49.2 Å². The summed E-state index contributed by atoms with van der Waals surface area (Å²) < 4.78 is 44.2. The van der Waals surface area contributed by atoms with Gasteiger partial charge in [-0.05, 0) is 24.1 Å². The fraction of sp³-hybridized carbons (Fsp3) is 0.571. The highest BCUT2D eigenvalue weighted by molar-refractivity contribution is 8.07. The molecule has 2 bridgehead atoms. The number of rotatable bonds is 2. The third-order valence-corrected chi connectivity index (χ3v) is 11.3. The average molecular weight is 702 g/mol. The zero-order chi connectivity index (χ0) is 32.3. The molecule has 4 fully saturated rings. The van der Waals surface area contributed by atoms with Crippen molar-refractivity contribution in [2.75, 3.05) is 24.7 Å². The Hall–Kier alpha value is -3.05. The predicted octanol–water partition coefficient (Wildman–Crippen LogP) is -2.17. The van der Waals surface area contributed by atoms with Crippen molar-refractivity contribution in [1.29, 1.82) is 0 Å². The molecular formula is C21H25N11O11P2S. The van der Waals surface area contributed by atoms with Crippen LogP contribution in [0.15, 0.2) is 17.4 Å². The van der Waals surface area contributed by atoms with Crippen LogP contribution in [0.3, 0.4) is 0 Å². The molecule has 0 radical (unpaired) electrons. The van der Waals surface area contributed by atoms with Crippen molar-refractivity contribution in [3.05, 3.63) is 23.0 Å². The van der Waals surface area contributed by atoms with E-state index in [-0.39, 0.29) is 22.9 Å². The van der Waals surface area contributed by atoms with Crippen molar-refractivity contribution in [3.63, 3.8) is 0 Å². The van der Waals surface area contributed by atoms with E-state index >= 15 is 0 Å². The minimum absolute atomic E-state index is 0.129. The first-order valence-corrected chi connectivity index (χ1v) is 17.7. The van der Waals surface area contributed by atoms with Gasteiger partial charge in [-0.25, -0.2) is 19.5 Å². The first kappa shape index (κ1) is 30.3. The molecule has 8 rings (SSSR count). The highest BCUT2D eigenvalue weighted by Gasteiger charge is 2.74. The van der Waals surface area contributed by atoms with Crippen LogP contribution < -0.4 is 17.0 Å². The molecule has 2 saturated heterocycles. The lowest BCUT2D eigenvalue weighted by Gasteiger charge is -2.31. The largest absolute Gasteiger partial charge is 0.472 e. The second kappa shape index (κ2) is 10.2. The number of fused-ring (bicyclic) bond motifs is 4. The molecule has 1 spiro atoms. The average Bonchev–Trinajstić information content (AvgIpc) is 3.26. The van der Waals surface area contributed by atoms with Crippen LogP contribution >= 0.6 is 14.5 Å². The van der Waals surface area contributed by atoms with Gasteiger partial charge in [0.2, 0.25) is 5.95 Å². The molecule has 0 amide bonds. The van der Waals surface area contributed by atoms with E-state index in [1.165, 1.54) is 12.7 Å². The summed E-state index contributed by atoms with van der Waals surface area (Å²) in [5, 5.41) is 30.3. The summed E-state index contributed by atoms with van der Waals surface area (Å²) in [7, 11) is -5.03. The number of phosphoric ester groups is 1. The van der Waals surface area contributed by atoms with Crippen molar-refractivity contribution >= 4 is 60.4 Å². The fourth-order valence-corrected chi connectivity index (χ4v) is 9.16. The summed E-state index contributed by atoms with van der Waals surface area (Å²) in [5.41, 5.74) is 9.99. The third kappa shape index (κ3) is 4.62. The van der Waals surface area contributed by atoms with Crippen LogP contribution in [0.4, 0.5) is 11.8 Å². The van der Waals surface area contributed by atoms with Gasteiger partial charge in [0.05, 0.1) is 25.6 Å². The number of aromatic amines is 1. The summed E-state index contributed by atoms with van der Waals surface area (Å²) in [6, 6.07) is -0.746. The van der Waals surface area contributed by atoms with E-state index < -0.39 is 87.4 Å². The highest BCUT2D eigenvalue weighted by atomic mass is 32.5. The van der Waals surface area contributed by atoms with Gasteiger partial charge in [0, 0.05) is 5.41 Å². The Bertz CT molecular complexity index is 2050. The Kier molecular flexibility index (Phi) is 6.73. The Morgan fingerprint density at radius 3 is 2.70 bits per heavy atom. The van der Waals surface area contributed by atoms with Crippen LogP contribution in [0.25, 0.3) is 22.3 Å². The van der Waals surface area contributed by atoms with E-state index in [2.05, 4.69) is 35.2 Å². The van der Waals surface area contributed by atoms with E-state index in [1.807, 2.05) is 0 Å². The number of hydrogen-bond donors (Lipinski definition) is 7. The number of imidazole rings is 1. The lowest BCUT2D eigenvalue weighted by atomic mass is 10.0. The van der Waals surface area contributed by atoms with Gasteiger partial charge in [-0.15, -0.1) is 5.10 Å². The molecule has 4 aromatic heterocycles. The number of aliphatic hydroxyl groups is 2. The number of nitrogens with one attached hydrogen (secondary N) is 1. The van der Waals surface area contributed by atoms with Gasteiger partial charge < -0.3 is 49.8 Å². The molecule has 2 aliphatic heterocycles. The normalized spacial score (nSPS) is 41.0. The molecule has 9 N–H and O–H groups in total. The van der Waals surface area contributed by atoms with Crippen LogP contribution in [0.2, 0.25) is 0 Å². The van der Waals surface area contributed by atoms with Gasteiger partial charge in [-0.2, -0.15) is 9.67 Å². The van der Waals surface area contributed by atoms with Gasteiger partial charge in [-0.3, -0.25) is 18.8 Å². The van der Waals surface area contributed by atoms with Crippen LogP contribution in [0.5, 0.6) is 0 Å². The SMILES string of the molecule is Nc1nc2c(nnn2C2OC3COP(O)(=S)OC4C(O)C(n5cnc6c(N)ncnc65)C5CC54COP(=O)(O)OC2C3O)c(=O)[nH]1. The number of anilines is 2. The maximum Gasteiger partial charge on any atom is 0.472 e. The van der Waals surface area contributed by atoms with Crippen LogP contribution in [0, 0.1) is 11.3 Å². The van der Waals surface area contributed by atoms with Crippen molar-refractivity contribution in [1.82, 2.24) is 44.5 Å². The first-order valence-electron chi connectivity index (χ1n) is 13.7. The number of ether oxygens (including phenoxy) is 1. The standard InChI is InChI=1S/C21H25N11O11P2S/c22-15-8-16(25-4-24-15)31(5-26-8)10-6-1-21(6)3-40-44(36,37)42-13-11(33)7(2-39-45(38,46)43-14(21)12(10)34)41-19(13)32-17-9(29-30-32)18(35)28-20(23)27-17/h4-7,10-14,19,33-34H,1-3H2,(H,36,37)(H,38,46)(H2,22,24,25)(H3,23,27,28,35). The summed E-state index contributed by atoms with van der Waals surface area (Å²) >= 11 is 5.29. The second-order valence-electron chi connectivity index (χ2n) is 11.4. The number of hydrogen-bond acceptors (Lipinski definition) is 18. The quantitative estimate of drug-likeness (QED) is 0.109. The molecular weight excluding hydrogens is 676 g/mol. The third-order valence-electron chi connectivity index (χ3n) is 8.83. The molecule has 0 aromatic carbocycles. The summed E-state index contributed by atoms with van der Waals surface area (Å²) in [6.45, 7) is -5.27. The maximum absolute atomic E-state index is 13.4. The second-order valence-corrected chi connectivity index (χ2v) is 15.6. The lowest BCUT2D eigenvalue weighted by Crippen LogP contribution is -2.38. The van der Waals surface area contributed by atoms with Gasteiger partial charge in [0.1, 0.15) is 42.4 Å². The Morgan fingerprint density at radius 1 is 1.09 bits per heavy atom. The van der Waals surface area contributed by atoms with Gasteiger partial charge in [0.25, 0.3) is 5.56 Å². The number of nitrogens with zero attached hydrogens (tertiary/aromatic N) is 8. The zero-order valence-electron chi connectivity index (χ0n) is 23.1. The first-order chi connectivity index (χ1) is 21.8. The molecule has 4 aliphatic rings. The number of H-pyrrole nitrogens is 1. The number of nitrogen functional groups attached to an aromatic ring is 2. The van der Waals surface area contributed by atoms with Crippen LogP contribution in [-0.2, 0) is 39.2 Å². The summed E-state index contributed by atoms with van der Waals surface area (Å²) in [6.07, 6.45) is -5.80. The summed E-state index contributed by atoms with van der Waals surface area (Å²) in [5.74, 6) is -0.586. The molecule has 6 heterocycles.